The zero-order chi connectivity index (χ0) is 16.7. The van der Waals surface area contributed by atoms with Crippen molar-refractivity contribution in [2.45, 2.75) is 59.8 Å². The van der Waals surface area contributed by atoms with Gasteiger partial charge in [-0.15, -0.1) is 24.0 Å². The number of guanidine groups is 1. The maximum absolute atomic E-state index is 5.02. The summed E-state index contributed by atoms with van der Waals surface area (Å²) < 4.78 is 0. The van der Waals surface area contributed by atoms with E-state index in [1.165, 1.54) is 58.3 Å². The molecule has 2 unspecified atom stereocenters. The summed E-state index contributed by atoms with van der Waals surface area (Å²) >= 11 is 0. The van der Waals surface area contributed by atoms with E-state index < -0.39 is 0 Å². The van der Waals surface area contributed by atoms with E-state index in [0.29, 0.717) is 5.41 Å². The summed E-state index contributed by atoms with van der Waals surface area (Å²) in [4.78, 5) is 10.1. The van der Waals surface area contributed by atoms with Crippen molar-refractivity contribution in [2.75, 3.05) is 45.8 Å². The Morgan fingerprint density at radius 2 is 2.04 bits per heavy atom. The van der Waals surface area contributed by atoms with Crippen LogP contribution in [0.1, 0.15) is 59.8 Å². The van der Waals surface area contributed by atoms with Crippen LogP contribution in [0.2, 0.25) is 0 Å². The average Bonchev–Trinajstić information content (AvgIpc) is 2.99. The molecule has 0 aromatic carbocycles. The number of nitrogens with zero attached hydrogens (tertiary/aromatic N) is 3. The van der Waals surface area contributed by atoms with E-state index in [1.807, 2.05) is 0 Å². The molecule has 2 atom stereocenters. The van der Waals surface area contributed by atoms with Crippen LogP contribution in [0, 0.1) is 11.3 Å². The van der Waals surface area contributed by atoms with Gasteiger partial charge in [-0.25, -0.2) is 0 Å². The Balaban J connectivity index is 0.00000288. The van der Waals surface area contributed by atoms with Crippen LogP contribution in [0.15, 0.2) is 4.99 Å². The lowest BCUT2D eigenvalue weighted by atomic mass is 9.78. The summed E-state index contributed by atoms with van der Waals surface area (Å²) in [5, 5.41) is 3.54. The third-order valence-electron chi connectivity index (χ3n) is 5.59. The maximum Gasteiger partial charge on any atom is 0.193 e. The van der Waals surface area contributed by atoms with Gasteiger partial charge in [0.2, 0.25) is 0 Å². The molecule has 0 amide bonds. The number of likely N-dealkylation sites (tertiary alicyclic amines) is 2. The molecule has 142 valence electrons. The Morgan fingerprint density at radius 1 is 1.25 bits per heavy atom. The van der Waals surface area contributed by atoms with Crippen LogP contribution in [0.25, 0.3) is 0 Å². The van der Waals surface area contributed by atoms with Gasteiger partial charge in [0.05, 0.1) is 0 Å². The third-order valence-corrected chi connectivity index (χ3v) is 5.59. The van der Waals surface area contributed by atoms with E-state index in [0.717, 1.165) is 31.5 Å². The highest BCUT2D eigenvalue weighted by atomic mass is 127. The Morgan fingerprint density at radius 3 is 2.67 bits per heavy atom. The van der Waals surface area contributed by atoms with Crippen molar-refractivity contribution in [1.29, 1.82) is 0 Å². The van der Waals surface area contributed by atoms with Gasteiger partial charge < -0.3 is 15.1 Å². The van der Waals surface area contributed by atoms with Crippen LogP contribution < -0.4 is 5.32 Å². The number of aliphatic imine (C=N–C) groups is 1. The summed E-state index contributed by atoms with van der Waals surface area (Å²) in [5.74, 6) is 1.90. The predicted octanol–water partition coefficient (Wildman–Crippen LogP) is 3.81. The molecule has 24 heavy (non-hydrogen) atoms. The molecule has 5 heteroatoms. The predicted molar refractivity (Wildman–Crippen MR) is 115 cm³/mol. The number of nitrogens with one attached hydrogen (secondary N) is 1. The normalized spacial score (nSPS) is 28.8. The first-order valence-corrected chi connectivity index (χ1v) is 9.85. The molecule has 0 aromatic rings. The highest BCUT2D eigenvalue weighted by Crippen LogP contribution is 2.34. The van der Waals surface area contributed by atoms with Crippen LogP contribution in [0.4, 0.5) is 0 Å². The SMILES string of the molecule is CCCC1(C)CCCN(C(=NCC2CCN(CC)C2)NCC)C1.I. The topological polar surface area (TPSA) is 30.9 Å². The second-order valence-electron chi connectivity index (χ2n) is 7.83. The van der Waals surface area contributed by atoms with E-state index in [4.69, 9.17) is 4.99 Å². The lowest BCUT2D eigenvalue weighted by molar-refractivity contribution is 0.142. The van der Waals surface area contributed by atoms with E-state index >= 15 is 0 Å². The molecule has 2 aliphatic rings. The van der Waals surface area contributed by atoms with Crippen molar-refractivity contribution in [3.8, 4) is 0 Å². The fourth-order valence-electron chi connectivity index (χ4n) is 4.29. The summed E-state index contributed by atoms with van der Waals surface area (Å²) in [5.41, 5.74) is 0.468. The van der Waals surface area contributed by atoms with Crippen molar-refractivity contribution >= 4 is 29.9 Å². The maximum atomic E-state index is 5.02. The molecule has 0 aliphatic carbocycles. The van der Waals surface area contributed by atoms with Crippen molar-refractivity contribution in [2.24, 2.45) is 16.3 Å². The Hall–Kier alpha value is -0.0400. The molecule has 4 nitrogen and oxygen atoms in total. The van der Waals surface area contributed by atoms with E-state index in [2.05, 4.69) is 42.8 Å². The third kappa shape index (κ3) is 6.36. The molecule has 2 aliphatic heterocycles. The fourth-order valence-corrected chi connectivity index (χ4v) is 4.29. The molecule has 2 fully saturated rings. The molecular formula is C19H39IN4. The van der Waals surface area contributed by atoms with Crippen molar-refractivity contribution in [3.05, 3.63) is 0 Å². The molecule has 2 rings (SSSR count). The van der Waals surface area contributed by atoms with Crippen molar-refractivity contribution in [3.63, 3.8) is 0 Å². The number of piperidine rings is 1. The Labute approximate surface area is 166 Å². The molecule has 2 saturated heterocycles. The Bertz CT molecular complexity index is 384. The number of hydrogen-bond acceptors (Lipinski definition) is 2. The molecule has 0 aromatic heterocycles. The summed E-state index contributed by atoms with van der Waals surface area (Å²) in [6.07, 6.45) is 6.59. The largest absolute Gasteiger partial charge is 0.357 e. The molecular weight excluding hydrogens is 411 g/mol. The van der Waals surface area contributed by atoms with Crippen molar-refractivity contribution in [1.82, 2.24) is 15.1 Å². The fraction of sp³-hybridized carbons (Fsp3) is 0.947. The number of hydrogen-bond donors (Lipinski definition) is 1. The van der Waals surface area contributed by atoms with Crippen LogP contribution in [-0.2, 0) is 0 Å². The smallest absolute Gasteiger partial charge is 0.193 e. The zero-order valence-corrected chi connectivity index (χ0v) is 18.6. The van der Waals surface area contributed by atoms with E-state index in [-0.39, 0.29) is 24.0 Å². The van der Waals surface area contributed by atoms with Crippen LogP contribution in [0.3, 0.4) is 0 Å². The molecule has 1 N–H and O–H groups in total. The molecule has 2 heterocycles. The van der Waals surface area contributed by atoms with Gasteiger partial charge in [-0.1, -0.05) is 27.2 Å². The lowest BCUT2D eigenvalue weighted by Crippen LogP contribution is -2.50. The zero-order valence-electron chi connectivity index (χ0n) is 16.3. The molecule has 0 spiro atoms. The summed E-state index contributed by atoms with van der Waals surface area (Å²) in [6.45, 7) is 17.2. The van der Waals surface area contributed by atoms with E-state index in [9.17, 15) is 0 Å². The second kappa shape index (κ2) is 10.8. The quantitative estimate of drug-likeness (QED) is 0.379. The van der Waals surface area contributed by atoms with Crippen LogP contribution in [0.5, 0.6) is 0 Å². The van der Waals surface area contributed by atoms with E-state index in [1.54, 1.807) is 0 Å². The van der Waals surface area contributed by atoms with Crippen LogP contribution in [-0.4, -0.2) is 61.6 Å². The first-order chi connectivity index (χ1) is 11.1. The highest BCUT2D eigenvalue weighted by molar-refractivity contribution is 14.0. The van der Waals surface area contributed by atoms with Gasteiger partial charge in [-0.2, -0.15) is 0 Å². The first-order valence-electron chi connectivity index (χ1n) is 9.85. The minimum absolute atomic E-state index is 0. The lowest BCUT2D eigenvalue weighted by Gasteiger charge is -2.42. The van der Waals surface area contributed by atoms with Gasteiger partial charge >= 0.3 is 0 Å². The monoisotopic (exact) mass is 450 g/mol. The minimum Gasteiger partial charge on any atom is -0.357 e. The standard InChI is InChI=1S/C19H38N4.HI/c1-5-10-19(4)11-8-12-23(16-19)18(20-6-2)21-14-17-9-13-22(7-3)15-17;/h17H,5-16H2,1-4H3,(H,20,21);1H. The molecule has 0 radical (unpaired) electrons. The highest BCUT2D eigenvalue weighted by Gasteiger charge is 2.31. The van der Waals surface area contributed by atoms with Crippen molar-refractivity contribution < 1.29 is 0 Å². The van der Waals surface area contributed by atoms with Gasteiger partial charge in [0.15, 0.2) is 5.96 Å². The van der Waals surface area contributed by atoms with Gasteiger partial charge in [-0.3, -0.25) is 4.99 Å². The number of rotatable bonds is 6. The summed E-state index contributed by atoms with van der Waals surface area (Å²) in [7, 11) is 0. The minimum atomic E-state index is 0. The van der Waals surface area contributed by atoms with Gasteiger partial charge in [0.1, 0.15) is 0 Å². The van der Waals surface area contributed by atoms with Crippen LogP contribution >= 0.6 is 24.0 Å². The Kier molecular flexibility index (Phi) is 9.94. The average molecular weight is 450 g/mol. The summed E-state index contributed by atoms with van der Waals surface area (Å²) in [6, 6.07) is 0. The molecule has 0 saturated carbocycles. The van der Waals surface area contributed by atoms with Gasteiger partial charge in [0, 0.05) is 32.7 Å². The second-order valence-corrected chi connectivity index (χ2v) is 7.83. The van der Waals surface area contributed by atoms with Gasteiger partial charge in [0.25, 0.3) is 0 Å². The molecule has 0 bridgehead atoms. The number of halogens is 1. The van der Waals surface area contributed by atoms with Gasteiger partial charge in [-0.05, 0) is 57.0 Å². The first kappa shape index (κ1) is 22.0.